The van der Waals surface area contributed by atoms with Crippen molar-refractivity contribution in [2.24, 2.45) is 0 Å². The molecule has 3 aromatic carbocycles. The third-order valence-corrected chi connectivity index (χ3v) is 6.10. The van der Waals surface area contributed by atoms with Gasteiger partial charge < -0.3 is 15.0 Å². The van der Waals surface area contributed by atoms with Crippen LogP contribution in [0, 0.1) is 0 Å². The first-order valence-electron chi connectivity index (χ1n) is 11.8. The van der Waals surface area contributed by atoms with Crippen LogP contribution in [0.3, 0.4) is 0 Å². The smallest absolute Gasteiger partial charge is 0.255 e. The largest absolute Gasteiger partial charge is 0.456 e. The number of anilines is 2. The molecule has 0 aliphatic carbocycles. The van der Waals surface area contributed by atoms with Gasteiger partial charge in [0.05, 0.1) is 6.20 Å². The van der Waals surface area contributed by atoms with Gasteiger partial charge in [-0.1, -0.05) is 30.3 Å². The molecule has 176 valence electrons. The third kappa shape index (κ3) is 6.05. The van der Waals surface area contributed by atoms with Gasteiger partial charge in [0.25, 0.3) is 5.91 Å². The van der Waals surface area contributed by atoms with Crippen molar-refractivity contribution in [3.05, 3.63) is 115 Å². The van der Waals surface area contributed by atoms with Gasteiger partial charge in [-0.25, -0.2) is 0 Å². The molecule has 1 fully saturated rings. The molecule has 0 radical (unpaired) electrons. The van der Waals surface area contributed by atoms with E-state index in [1.54, 1.807) is 36.7 Å². The lowest BCUT2D eigenvalue weighted by Gasteiger charge is -2.36. The van der Waals surface area contributed by atoms with E-state index in [1.807, 2.05) is 24.3 Å². The van der Waals surface area contributed by atoms with Crippen LogP contribution in [-0.4, -0.2) is 42.0 Å². The van der Waals surface area contributed by atoms with Crippen molar-refractivity contribution in [1.29, 1.82) is 0 Å². The van der Waals surface area contributed by atoms with Gasteiger partial charge in [0.15, 0.2) is 0 Å². The van der Waals surface area contributed by atoms with Crippen LogP contribution in [0.4, 0.5) is 11.4 Å². The Balaban J connectivity index is 1.12. The molecule has 0 spiro atoms. The van der Waals surface area contributed by atoms with Crippen molar-refractivity contribution in [1.82, 2.24) is 9.88 Å². The number of hydrogen-bond donors (Lipinski definition) is 1. The van der Waals surface area contributed by atoms with Crippen LogP contribution in [0.2, 0.25) is 0 Å². The van der Waals surface area contributed by atoms with Gasteiger partial charge in [-0.05, 0) is 66.2 Å². The predicted molar refractivity (Wildman–Crippen MR) is 139 cm³/mol. The fraction of sp³-hybridized carbons (Fsp3) is 0.172. The normalized spacial score (nSPS) is 13.9. The maximum atomic E-state index is 12.7. The summed E-state index contributed by atoms with van der Waals surface area (Å²) in [4.78, 5) is 21.6. The zero-order valence-electron chi connectivity index (χ0n) is 19.5. The number of carbonyl (C=O) groups excluding carboxylic acids is 1. The number of carbonyl (C=O) groups is 1. The van der Waals surface area contributed by atoms with Gasteiger partial charge in [0, 0.05) is 55.9 Å². The molecule has 6 heteroatoms. The third-order valence-electron chi connectivity index (χ3n) is 6.10. The minimum Gasteiger partial charge on any atom is -0.456 e. The lowest BCUT2D eigenvalue weighted by molar-refractivity contribution is 0.102. The summed E-state index contributed by atoms with van der Waals surface area (Å²) in [6, 6.07) is 29.4. The molecule has 1 aliphatic rings. The zero-order chi connectivity index (χ0) is 23.9. The summed E-state index contributed by atoms with van der Waals surface area (Å²) in [7, 11) is 0. The monoisotopic (exact) mass is 464 g/mol. The van der Waals surface area contributed by atoms with Gasteiger partial charge >= 0.3 is 0 Å². The second-order valence-electron chi connectivity index (χ2n) is 8.56. The molecule has 1 saturated heterocycles. The Morgan fingerprint density at radius 1 is 0.800 bits per heavy atom. The highest BCUT2D eigenvalue weighted by Crippen LogP contribution is 2.23. The van der Waals surface area contributed by atoms with Gasteiger partial charge in [-0.2, -0.15) is 0 Å². The Morgan fingerprint density at radius 3 is 2.23 bits per heavy atom. The number of piperazine rings is 1. The Labute approximate surface area is 205 Å². The van der Waals surface area contributed by atoms with Crippen LogP contribution in [-0.2, 0) is 6.54 Å². The van der Waals surface area contributed by atoms with Crippen LogP contribution < -0.4 is 15.0 Å². The maximum Gasteiger partial charge on any atom is 0.255 e. The number of amides is 1. The molecule has 5 rings (SSSR count). The van der Waals surface area contributed by atoms with Crippen molar-refractivity contribution in [2.75, 3.05) is 36.4 Å². The van der Waals surface area contributed by atoms with Crippen molar-refractivity contribution in [2.45, 2.75) is 6.54 Å². The molecule has 0 unspecified atom stereocenters. The van der Waals surface area contributed by atoms with Gasteiger partial charge in [-0.3, -0.25) is 14.7 Å². The molecule has 35 heavy (non-hydrogen) atoms. The summed E-state index contributed by atoms with van der Waals surface area (Å²) in [6.45, 7) is 5.05. The molecular weight excluding hydrogens is 436 g/mol. The number of nitrogens with zero attached hydrogens (tertiary/aromatic N) is 3. The predicted octanol–water partition coefficient (Wildman–Crippen LogP) is 5.45. The average molecular weight is 465 g/mol. The lowest BCUT2D eigenvalue weighted by Crippen LogP contribution is -2.45. The van der Waals surface area contributed by atoms with Gasteiger partial charge in [0.2, 0.25) is 0 Å². The first kappa shape index (κ1) is 22.6. The molecule has 2 heterocycles. The van der Waals surface area contributed by atoms with Crippen LogP contribution >= 0.6 is 0 Å². The van der Waals surface area contributed by atoms with E-state index in [2.05, 4.69) is 62.6 Å². The number of hydrogen-bond acceptors (Lipinski definition) is 5. The molecule has 0 bridgehead atoms. The van der Waals surface area contributed by atoms with Crippen molar-refractivity contribution < 1.29 is 9.53 Å². The van der Waals surface area contributed by atoms with Crippen LogP contribution in [0.1, 0.15) is 15.9 Å². The summed E-state index contributed by atoms with van der Waals surface area (Å²) in [5.74, 6) is 1.16. The number of rotatable bonds is 7. The molecule has 0 atom stereocenters. The average Bonchev–Trinajstić information content (AvgIpc) is 2.91. The molecule has 0 saturated carbocycles. The molecule has 1 amide bonds. The summed E-state index contributed by atoms with van der Waals surface area (Å²) < 4.78 is 5.74. The molecule has 4 aromatic rings. The highest BCUT2D eigenvalue weighted by molar-refractivity contribution is 6.04. The second-order valence-corrected chi connectivity index (χ2v) is 8.56. The van der Waals surface area contributed by atoms with E-state index in [1.165, 1.54) is 11.3 Å². The van der Waals surface area contributed by atoms with E-state index in [-0.39, 0.29) is 5.91 Å². The summed E-state index contributed by atoms with van der Waals surface area (Å²) in [6.07, 6.45) is 3.34. The summed E-state index contributed by atoms with van der Waals surface area (Å²) in [5.41, 5.74) is 3.88. The maximum absolute atomic E-state index is 12.7. The highest BCUT2D eigenvalue weighted by Gasteiger charge is 2.17. The van der Waals surface area contributed by atoms with Gasteiger partial charge in [0.1, 0.15) is 11.5 Å². The fourth-order valence-corrected chi connectivity index (χ4v) is 4.18. The Kier molecular flexibility index (Phi) is 7.01. The number of aromatic nitrogens is 1. The molecule has 6 nitrogen and oxygen atoms in total. The highest BCUT2D eigenvalue weighted by atomic mass is 16.5. The summed E-state index contributed by atoms with van der Waals surface area (Å²) >= 11 is 0. The minimum atomic E-state index is -0.153. The SMILES string of the molecule is O=C(Nc1ccc(N2CCN(Cc3ccccc3)CC2)cc1)c1ccc(Oc2cccnc2)cc1. The first-order chi connectivity index (χ1) is 17.2. The van der Waals surface area contributed by atoms with Crippen molar-refractivity contribution in [3.63, 3.8) is 0 Å². The summed E-state index contributed by atoms with van der Waals surface area (Å²) in [5, 5.41) is 2.98. The van der Waals surface area contributed by atoms with E-state index in [0.29, 0.717) is 17.1 Å². The quantitative estimate of drug-likeness (QED) is 0.394. The molecule has 1 aliphatic heterocycles. The minimum absolute atomic E-state index is 0.153. The zero-order valence-corrected chi connectivity index (χ0v) is 19.5. The van der Waals surface area contributed by atoms with Crippen LogP contribution in [0.15, 0.2) is 103 Å². The van der Waals surface area contributed by atoms with Crippen molar-refractivity contribution in [3.8, 4) is 11.5 Å². The number of nitrogens with one attached hydrogen (secondary N) is 1. The molecule has 1 N–H and O–H groups in total. The van der Waals surface area contributed by atoms with Gasteiger partial charge in [-0.15, -0.1) is 0 Å². The molecular formula is C29H28N4O2. The Hall–Kier alpha value is -4.16. The van der Waals surface area contributed by atoms with E-state index in [4.69, 9.17) is 4.74 Å². The topological polar surface area (TPSA) is 57.7 Å². The van der Waals surface area contributed by atoms with E-state index in [9.17, 15) is 4.79 Å². The standard InChI is InChI=1S/C29H28N4O2/c34-29(24-8-14-27(15-9-24)35-28-7-4-16-30-21-28)31-25-10-12-26(13-11-25)33-19-17-32(18-20-33)22-23-5-2-1-3-6-23/h1-16,21H,17-20,22H2,(H,31,34). The Bertz CT molecular complexity index is 1220. The van der Waals surface area contributed by atoms with E-state index in [0.717, 1.165) is 38.4 Å². The fourth-order valence-electron chi connectivity index (χ4n) is 4.18. The van der Waals surface area contributed by atoms with Crippen molar-refractivity contribution >= 4 is 17.3 Å². The van der Waals surface area contributed by atoms with Crippen LogP contribution in [0.5, 0.6) is 11.5 Å². The number of benzene rings is 3. The lowest BCUT2D eigenvalue weighted by atomic mass is 10.1. The number of pyridine rings is 1. The Morgan fingerprint density at radius 2 is 1.54 bits per heavy atom. The molecule has 1 aromatic heterocycles. The second kappa shape index (κ2) is 10.8. The van der Waals surface area contributed by atoms with E-state index < -0.39 is 0 Å². The first-order valence-corrected chi connectivity index (χ1v) is 11.8. The van der Waals surface area contributed by atoms with Crippen LogP contribution in [0.25, 0.3) is 0 Å². The number of ether oxygens (including phenoxy) is 1. The van der Waals surface area contributed by atoms with E-state index >= 15 is 0 Å².